The van der Waals surface area contributed by atoms with Crippen molar-refractivity contribution < 1.29 is 19.2 Å². The zero-order chi connectivity index (χ0) is 10.0. The van der Waals surface area contributed by atoms with Gasteiger partial charge in [0.05, 0.1) is 0 Å². The van der Waals surface area contributed by atoms with Gasteiger partial charge in [0.2, 0.25) is 0 Å². The Morgan fingerprint density at radius 2 is 2.08 bits per heavy atom. The lowest BCUT2D eigenvalue weighted by Gasteiger charge is -2.29. The zero-order valence-electron chi connectivity index (χ0n) is 7.44. The van der Waals surface area contributed by atoms with Crippen LogP contribution in [0.1, 0.15) is 13.3 Å². The van der Waals surface area contributed by atoms with E-state index >= 15 is 0 Å². The molecule has 0 bridgehead atoms. The van der Waals surface area contributed by atoms with Crippen molar-refractivity contribution in [2.45, 2.75) is 13.3 Å². The maximum Gasteiger partial charge on any atom is 0.360 e. The lowest BCUT2D eigenvalue weighted by molar-refractivity contribution is -0.188. The molecule has 6 nitrogen and oxygen atoms in total. The smallest absolute Gasteiger partial charge is 0.329 e. The summed E-state index contributed by atoms with van der Waals surface area (Å²) in [5.74, 6) is -1.17. The van der Waals surface area contributed by atoms with Crippen LogP contribution in [-0.4, -0.2) is 41.5 Å². The quantitative estimate of drug-likeness (QED) is 0.566. The minimum Gasteiger partial charge on any atom is -0.329 e. The molecule has 0 spiro atoms. The Hall–Kier alpha value is -1.59. The Morgan fingerprint density at radius 3 is 2.62 bits per heavy atom. The molecule has 3 amide bonds. The summed E-state index contributed by atoms with van der Waals surface area (Å²) in [6, 6.07) is -0.605. The summed E-state index contributed by atoms with van der Waals surface area (Å²) in [6.07, 6.45) is 0.176. The lowest BCUT2D eigenvalue weighted by atomic mass is 10.3. The first-order valence-corrected chi connectivity index (χ1v) is 3.79. The molecule has 0 aromatic carbocycles. The van der Waals surface area contributed by atoms with E-state index in [1.165, 1.54) is 11.9 Å². The minimum absolute atomic E-state index is 0.176. The van der Waals surface area contributed by atoms with Gasteiger partial charge in [-0.1, -0.05) is 5.06 Å². The van der Waals surface area contributed by atoms with E-state index in [2.05, 4.69) is 4.84 Å². The van der Waals surface area contributed by atoms with Crippen molar-refractivity contribution >= 4 is 17.9 Å². The van der Waals surface area contributed by atoms with Gasteiger partial charge in [0, 0.05) is 26.9 Å². The van der Waals surface area contributed by atoms with Crippen LogP contribution in [0.15, 0.2) is 0 Å². The van der Waals surface area contributed by atoms with Crippen LogP contribution in [-0.2, 0) is 14.4 Å². The fourth-order valence-corrected chi connectivity index (χ4v) is 0.941. The van der Waals surface area contributed by atoms with Crippen molar-refractivity contribution in [2.75, 3.05) is 13.6 Å². The summed E-state index contributed by atoms with van der Waals surface area (Å²) < 4.78 is 0. The van der Waals surface area contributed by atoms with Gasteiger partial charge in [-0.05, 0) is 0 Å². The number of imide groups is 1. The highest BCUT2D eigenvalue weighted by molar-refractivity contribution is 5.96. The van der Waals surface area contributed by atoms with Crippen LogP contribution < -0.4 is 0 Å². The second-order valence-corrected chi connectivity index (χ2v) is 2.73. The van der Waals surface area contributed by atoms with Gasteiger partial charge in [-0.3, -0.25) is 4.79 Å². The largest absolute Gasteiger partial charge is 0.360 e. The molecule has 1 fully saturated rings. The van der Waals surface area contributed by atoms with Crippen molar-refractivity contribution in [1.29, 1.82) is 0 Å². The number of hydrogen-bond donors (Lipinski definition) is 0. The van der Waals surface area contributed by atoms with Crippen molar-refractivity contribution in [2.24, 2.45) is 0 Å². The molecule has 13 heavy (non-hydrogen) atoms. The predicted octanol–water partition coefficient (Wildman–Crippen LogP) is -0.251. The third-order valence-electron chi connectivity index (χ3n) is 1.61. The van der Waals surface area contributed by atoms with Crippen LogP contribution in [0.2, 0.25) is 0 Å². The van der Waals surface area contributed by atoms with E-state index in [0.29, 0.717) is 11.6 Å². The normalized spacial score (nSPS) is 17.7. The average Bonchev–Trinajstić information content (AvgIpc) is 2.05. The highest BCUT2D eigenvalue weighted by atomic mass is 16.7. The number of hydrogen-bond acceptors (Lipinski definition) is 4. The van der Waals surface area contributed by atoms with Crippen LogP contribution in [0, 0.1) is 0 Å². The molecule has 0 saturated carbocycles. The van der Waals surface area contributed by atoms with Gasteiger partial charge in [-0.15, -0.1) is 0 Å². The van der Waals surface area contributed by atoms with Crippen LogP contribution >= 0.6 is 0 Å². The van der Waals surface area contributed by atoms with E-state index in [9.17, 15) is 14.4 Å². The average molecular weight is 186 g/mol. The Bertz CT molecular complexity index is 263. The van der Waals surface area contributed by atoms with E-state index in [4.69, 9.17) is 0 Å². The monoisotopic (exact) mass is 186 g/mol. The van der Waals surface area contributed by atoms with Gasteiger partial charge < -0.3 is 9.74 Å². The van der Waals surface area contributed by atoms with E-state index in [0.717, 1.165) is 6.92 Å². The van der Waals surface area contributed by atoms with Gasteiger partial charge in [0.15, 0.2) is 0 Å². The van der Waals surface area contributed by atoms with E-state index in [-0.39, 0.29) is 6.42 Å². The summed E-state index contributed by atoms with van der Waals surface area (Å²) >= 11 is 0. The molecule has 1 aliphatic rings. The second-order valence-electron chi connectivity index (χ2n) is 2.73. The molecule has 1 aliphatic heterocycles. The summed E-state index contributed by atoms with van der Waals surface area (Å²) in [5, 5.41) is 0.492. The zero-order valence-corrected chi connectivity index (χ0v) is 7.44. The number of carbonyl (C=O) groups excluding carboxylic acids is 3. The molecular formula is C7H10N2O4. The molecule has 72 valence electrons. The fourth-order valence-electron chi connectivity index (χ4n) is 0.941. The Balaban J connectivity index is 2.72. The van der Waals surface area contributed by atoms with Gasteiger partial charge in [0.1, 0.15) is 0 Å². The summed E-state index contributed by atoms with van der Waals surface area (Å²) in [4.78, 5) is 38.6. The summed E-state index contributed by atoms with van der Waals surface area (Å²) in [6.45, 7) is 1.49. The Morgan fingerprint density at radius 1 is 1.46 bits per heavy atom. The molecule has 1 rings (SSSR count). The molecule has 1 saturated heterocycles. The summed E-state index contributed by atoms with van der Waals surface area (Å²) in [7, 11) is 1.53. The predicted molar refractivity (Wildman–Crippen MR) is 41.3 cm³/mol. The number of urea groups is 1. The molecule has 0 aromatic rings. The highest BCUT2D eigenvalue weighted by Gasteiger charge is 2.32. The molecule has 0 N–H and O–H groups in total. The van der Waals surface area contributed by atoms with Crippen molar-refractivity contribution in [3.63, 3.8) is 0 Å². The van der Waals surface area contributed by atoms with Crippen LogP contribution in [0.25, 0.3) is 0 Å². The number of carbonyl (C=O) groups is 3. The topological polar surface area (TPSA) is 66.9 Å². The molecule has 6 heteroatoms. The minimum atomic E-state index is -0.683. The van der Waals surface area contributed by atoms with Gasteiger partial charge in [0.25, 0.3) is 5.91 Å². The Kier molecular flexibility index (Phi) is 2.50. The van der Waals surface area contributed by atoms with Gasteiger partial charge in [-0.25, -0.2) is 9.59 Å². The van der Waals surface area contributed by atoms with Crippen LogP contribution in [0.3, 0.4) is 0 Å². The number of rotatable bonds is 1. The van der Waals surface area contributed by atoms with E-state index < -0.39 is 17.9 Å². The van der Waals surface area contributed by atoms with Gasteiger partial charge >= 0.3 is 12.0 Å². The molecule has 0 aromatic heterocycles. The summed E-state index contributed by atoms with van der Waals surface area (Å²) in [5.41, 5.74) is 0. The first-order chi connectivity index (χ1) is 6.02. The molecule has 0 atom stereocenters. The first kappa shape index (κ1) is 9.50. The van der Waals surface area contributed by atoms with E-state index in [1.54, 1.807) is 0 Å². The van der Waals surface area contributed by atoms with Gasteiger partial charge in [-0.2, -0.15) is 0 Å². The molecule has 0 unspecified atom stereocenters. The fraction of sp³-hybridized carbons (Fsp3) is 0.571. The van der Waals surface area contributed by atoms with Crippen LogP contribution in [0.4, 0.5) is 4.79 Å². The lowest BCUT2D eigenvalue weighted by Crippen LogP contribution is -2.50. The van der Waals surface area contributed by atoms with Crippen LogP contribution in [0.5, 0.6) is 0 Å². The van der Waals surface area contributed by atoms with Crippen molar-refractivity contribution in [3.05, 3.63) is 0 Å². The maximum atomic E-state index is 11.2. The van der Waals surface area contributed by atoms with E-state index in [1.807, 2.05) is 0 Å². The Labute approximate surface area is 75.0 Å². The number of hydroxylamine groups is 2. The maximum absolute atomic E-state index is 11.2. The third-order valence-corrected chi connectivity index (χ3v) is 1.61. The second kappa shape index (κ2) is 3.42. The standard InChI is InChI=1S/C7H10N2O4/c1-5(10)13-9-6(11)3-4-8(2)7(9)12/h3-4H2,1-2H3. The number of nitrogens with zero attached hydrogens (tertiary/aromatic N) is 2. The highest BCUT2D eigenvalue weighted by Crippen LogP contribution is 2.08. The van der Waals surface area contributed by atoms with Crippen molar-refractivity contribution in [3.8, 4) is 0 Å². The third kappa shape index (κ3) is 1.95. The SMILES string of the molecule is CC(=O)ON1C(=O)CCN(C)C1=O. The molecule has 0 aliphatic carbocycles. The molecule has 1 heterocycles. The number of amides is 3. The van der Waals surface area contributed by atoms with Crippen molar-refractivity contribution in [1.82, 2.24) is 9.96 Å². The molecule has 0 radical (unpaired) electrons. The molecular weight excluding hydrogens is 176 g/mol. The first-order valence-electron chi connectivity index (χ1n) is 3.79.